The third-order valence-electron chi connectivity index (χ3n) is 6.50. The number of morpholine rings is 1. The molecule has 0 spiro atoms. The molecule has 0 aliphatic carbocycles. The lowest BCUT2D eigenvalue weighted by atomic mass is 10.1. The highest BCUT2D eigenvalue weighted by atomic mass is 16.5. The second-order valence-corrected chi connectivity index (χ2v) is 8.84. The average Bonchev–Trinajstić information content (AvgIpc) is 2.85. The minimum absolute atomic E-state index is 0.114. The van der Waals surface area contributed by atoms with Gasteiger partial charge in [0, 0.05) is 52.9 Å². The molecule has 178 valence electrons. The van der Waals surface area contributed by atoms with E-state index in [1.165, 1.54) is 0 Å². The SMILES string of the molecule is COc1ccc2cc(CN(C)C(=O)CN3CCN(CC(=O)N4CCOCC4)CC3)ccc2c1. The molecule has 33 heavy (non-hydrogen) atoms. The van der Waals surface area contributed by atoms with E-state index in [2.05, 4.69) is 28.0 Å². The van der Waals surface area contributed by atoms with E-state index in [0.717, 1.165) is 48.3 Å². The summed E-state index contributed by atoms with van der Waals surface area (Å²) in [7, 11) is 3.53. The summed E-state index contributed by atoms with van der Waals surface area (Å²) in [6.07, 6.45) is 0. The zero-order valence-electron chi connectivity index (χ0n) is 19.7. The Bertz CT molecular complexity index is 968. The van der Waals surface area contributed by atoms with Crippen LogP contribution in [0.3, 0.4) is 0 Å². The molecule has 4 rings (SSSR count). The molecule has 8 nitrogen and oxygen atoms in total. The van der Waals surface area contributed by atoms with Crippen LogP contribution in [0.25, 0.3) is 10.8 Å². The Hall–Kier alpha value is -2.68. The zero-order valence-corrected chi connectivity index (χ0v) is 19.7. The van der Waals surface area contributed by atoms with Crippen molar-refractivity contribution in [2.45, 2.75) is 6.54 Å². The first kappa shape index (κ1) is 23.5. The zero-order chi connectivity index (χ0) is 23.2. The van der Waals surface area contributed by atoms with E-state index in [-0.39, 0.29) is 11.8 Å². The van der Waals surface area contributed by atoms with Gasteiger partial charge >= 0.3 is 0 Å². The molecule has 0 atom stereocenters. The first-order valence-electron chi connectivity index (χ1n) is 11.6. The predicted molar refractivity (Wildman–Crippen MR) is 127 cm³/mol. The molecule has 2 saturated heterocycles. The fraction of sp³-hybridized carbons (Fsp3) is 0.520. The van der Waals surface area contributed by atoms with Gasteiger partial charge in [-0.05, 0) is 34.5 Å². The quantitative estimate of drug-likeness (QED) is 0.628. The van der Waals surface area contributed by atoms with Gasteiger partial charge in [0.25, 0.3) is 0 Å². The van der Waals surface area contributed by atoms with E-state index < -0.39 is 0 Å². The largest absolute Gasteiger partial charge is 0.497 e. The van der Waals surface area contributed by atoms with Crippen LogP contribution in [0, 0.1) is 0 Å². The number of nitrogens with zero attached hydrogens (tertiary/aromatic N) is 4. The summed E-state index contributed by atoms with van der Waals surface area (Å²) < 4.78 is 10.6. The van der Waals surface area contributed by atoms with E-state index in [1.807, 2.05) is 30.1 Å². The second kappa shape index (κ2) is 11.0. The van der Waals surface area contributed by atoms with Crippen molar-refractivity contribution in [3.8, 4) is 5.75 Å². The van der Waals surface area contributed by atoms with Crippen molar-refractivity contribution < 1.29 is 19.1 Å². The van der Waals surface area contributed by atoms with Crippen LogP contribution in [0.4, 0.5) is 0 Å². The third kappa shape index (κ3) is 6.22. The standard InChI is InChI=1S/C25H34N4O4/c1-26(17-20-3-4-22-16-23(32-2)6-5-21(22)15-20)24(30)18-27-7-9-28(10-8-27)19-25(31)29-11-13-33-14-12-29/h3-6,15-16H,7-14,17-19H2,1-2H3. The van der Waals surface area contributed by atoms with Gasteiger partial charge in [-0.25, -0.2) is 0 Å². The molecular weight excluding hydrogens is 420 g/mol. The van der Waals surface area contributed by atoms with Gasteiger partial charge in [0.15, 0.2) is 0 Å². The molecule has 2 aromatic rings. The highest BCUT2D eigenvalue weighted by Crippen LogP contribution is 2.22. The first-order valence-corrected chi connectivity index (χ1v) is 11.6. The van der Waals surface area contributed by atoms with Gasteiger partial charge in [-0.15, -0.1) is 0 Å². The van der Waals surface area contributed by atoms with Crippen LogP contribution in [0.5, 0.6) is 5.75 Å². The molecule has 2 heterocycles. The number of methoxy groups -OCH3 is 1. The number of hydrogen-bond acceptors (Lipinski definition) is 6. The number of ether oxygens (including phenoxy) is 2. The number of benzene rings is 2. The lowest BCUT2D eigenvalue weighted by Gasteiger charge is -2.36. The van der Waals surface area contributed by atoms with E-state index in [9.17, 15) is 9.59 Å². The third-order valence-corrected chi connectivity index (χ3v) is 6.50. The maximum Gasteiger partial charge on any atom is 0.236 e. The second-order valence-electron chi connectivity index (χ2n) is 8.84. The lowest BCUT2D eigenvalue weighted by molar-refractivity contribution is -0.137. The number of rotatable bonds is 7. The Kier molecular flexibility index (Phi) is 7.80. The molecule has 2 aliphatic rings. The number of likely N-dealkylation sites (N-methyl/N-ethyl adjacent to an activating group) is 1. The topological polar surface area (TPSA) is 65.6 Å². The minimum atomic E-state index is 0.114. The smallest absolute Gasteiger partial charge is 0.236 e. The molecule has 0 unspecified atom stereocenters. The number of fused-ring (bicyclic) bond motifs is 1. The monoisotopic (exact) mass is 454 g/mol. The van der Waals surface area contributed by atoms with Crippen LogP contribution < -0.4 is 4.74 Å². The van der Waals surface area contributed by atoms with E-state index >= 15 is 0 Å². The molecule has 2 aliphatic heterocycles. The molecular formula is C25H34N4O4. The molecule has 0 aromatic heterocycles. The van der Waals surface area contributed by atoms with Crippen molar-refractivity contribution in [1.29, 1.82) is 0 Å². The van der Waals surface area contributed by atoms with Crippen molar-refractivity contribution in [1.82, 2.24) is 19.6 Å². The number of amides is 2. The number of carbonyl (C=O) groups is 2. The summed E-state index contributed by atoms with van der Waals surface area (Å²) in [6.45, 7) is 7.28. The summed E-state index contributed by atoms with van der Waals surface area (Å²) in [4.78, 5) is 33.3. The minimum Gasteiger partial charge on any atom is -0.497 e. The van der Waals surface area contributed by atoms with Crippen LogP contribution in [-0.2, 0) is 20.9 Å². The van der Waals surface area contributed by atoms with Crippen LogP contribution >= 0.6 is 0 Å². The number of hydrogen-bond donors (Lipinski definition) is 0. The van der Waals surface area contributed by atoms with Crippen molar-refractivity contribution in [2.75, 3.05) is 79.7 Å². The molecule has 0 radical (unpaired) electrons. The Labute approximate surface area is 195 Å². The molecule has 2 aromatic carbocycles. The molecule has 0 N–H and O–H groups in total. The first-order chi connectivity index (χ1) is 16.0. The highest BCUT2D eigenvalue weighted by Gasteiger charge is 2.24. The highest BCUT2D eigenvalue weighted by molar-refractivity contribution is 5.85. The maximum absolute atomic E-state index is 12.8. The maximum atomic E-state index is 12.8. The lowest BCUT2D eigenvalue weighted by Crippen LogP contribution is -2.53. The summed E-state index contributed by atoms with van der Waals surface area (Å²) in [5.74, 6) is 1.13. The van der Waals surface area contributed by atoms with E-state index in [0.29, 0.717) is 45.9 Å². The van der Waals surface area contributed by atoms with Gasteiger partial charge in [0.05, 0.1) is 33.4 Å². The number of piperazine rings is 1. The normalized spacial score (nSPS) is 17.8. The molecule has 0 saturated carbocycles. The van der Waals surface area contributed by atoms with Gasteiger partial charge in [0.1, 0.15) is 5.75 Å². The van der Waals surface area contributed by atoms with Gasteiger partial charge in [-0.1, -0.05) is 18.2 Å². The number of carbonyl (C=O) groups excluding carboxylic acids is 2. The van der Waals surface area contributed by atoms with Crippen LogP contribution in [0.1, 0.15) is 5.56 Å². The summed E-state index contributed by atoms with van der Waals surface area (Å²) in [5.41, 5.74) is 1.11. The Morgan fingerprint density at radius 3 is 2.24 bits per heavy atom. The van der Waals surface area contributed by atoms with Gasteiger partial charge in [-0.2, -0.15) is 0 Å². The molecule has 8 heteroatoms. The van der Waals surface area contributed by atoms with Crippen molar-refractivity contribution >= 4 is 22.6 Å². The van der Waals surface area contributed by atoms with Crippen LogP contribution in [0.2, 0.25) is 0 Å². The van der Waals surface area contributed by atoms with Crippen molar-refractivity contribution in [3.05, 3.63) is 42.0 Å². The molecule has 2 fully saturated rings. The summed E-state index contributed by atoms with van der Waals surface area (Å²) >= 11 is 0. The van der Waals surface area contributed by atoms with Gasteiger partial charge in [-0.3, -0.25) is 19.4 Å². The Morgan fingerprint density at radius 2 is 1.55 bits per heavy atom. The van der Waals surface area contributed by atoms with E-state index in [4.69, 9.17) is 9.47 Å². The fourth-order valence-corrected chi connectivity index (χ4v) is 4.38. The van der Waals surface area contributed by atoms with Gasteiger partial charge < -0.3 is 19.3 Å². The van der Waals surface area contributed by atoms with E-state index in [1.54, 1.807) is 12.0 Å². The van der Waals surface area contributed by atoms with Crippen molar-refractivity contribution in [2.24, 2.45) is 0 Å². The molecule has 0 bridgehead atoms. The van der Waals surface area contributed by atoms with Gasteiger partial charge in [0.2, 0.25) is 11.8 Å². The Morgan fingerprint density at radius 1 is 0.909 bits per heavy atom. The Balaban J connectivity index is 1.22. The fourth-order valence-electron chi connectivity index (χ4n) is 4.38. The predicted octanol–water partition coefficient (Wildman–Crippen LogP) is 1.28. The molecule has 2 amide bonds. The average molecular weight is 455 g/mol. The van der Waals surface area contributed by atoms with Crippen LogP contribution in [-0.4, -0.2) is 111 Å². The van der Waals surface area contributed by atoms with Crippen molar-refractivity contribution in [3.63, 3.8) is 0 Å². The summed E-state index contributed by atoms with van der Waals surface area (Å²) in [6, 6.07) is 12.3. The summed E-state index contributed by atoms with van der Waals surface area (Å²) in [5, 5.41) is 2.26. The van der Waals surface area contributed by atoms with Crippen LogP contribution in [0.15, 0.2) is 36.4 Å².